The second-order valence-electron chi connectivity index (χ2n) is 3.88. The van der Waals surface area contributed by atoms with Crippen LogP contribution < -0.4 is 0 Å². The first-order valence-electron chi connectivity index (χ1n) is 4.25. The van der Waals surface area contributed by atoms with Gasteiger partial charge in [-0.25, -0.2) is 0 Å². The monoisotopic (exact) mass is 278 g/mol. The highest BCUT2D eigenvalue weighted by atomic mass is 35.5. The third-order valence-electron chi connectivity index (χ3n) is 1.53. The molecule has 0 aromatic carbocycles. The van der Waals surface area contributed by atoms with E-state index in [0.717, 1.165) is 0 Å². The summed E-state index contributed by atoms with van der Waals surface area (Å²) in [6.45, 7) is 0. The summed E-state index contributed by atoms with van der Waals surface area (Å²) in [5.41, 5.74) is 4.27. The smallest absolute Gasteiger partial charge is 0.102 e. The first-order chi connectivity index (χ1) is 7.26. The van der Waals surface area contributed by atoms with Crippen LogP contribution in [-0.2, 0) is 0 Å². The molecule has 0 saturated carbocycles. The summed E-state index contributed by atoms with van der Waals surface area (Å²) >= 11 is 17.6. The second-order valence-corrected chi connectivity index (χ2v) is 5.00. The van der Waals surface area contributed by atoms with Crippen LogP contribution in [0.4, 0.5) is 5.82 Å². The van der Waals surface area contributed by atoms with Gasteiger partial charge in [0.15, 0.2) is 0 Å². The summed E-state index contributed by atoms with van der Waals surface area (Å²) in [4.78, 5) is 3.93. The van der Waals surface area contributed by atoms with Crippen molar-refractivity contribution in [2.75, 3.05) is 21.1 Å². The lowest BCUT2D eigenvalue weighted by Crippen LogP contribution is -2.27. The average molecular weight is 280 g/mol. The molecule has 4 nitrogen and oxygen atoms in total. The lowest BCUT2D eigenvalue weighted by molar-refractivity contribution is -0.829. The van der Waals surface area contributed by atoms with Crippen molar-refractivity contribution < 1.29 is 4.59 Å². The van der Waals surface area contributed by atoms with Crippen molar-refractivity contribution in [3.63, 3.8) is 0 Å². The van der Waals surface area contributed by atoms with Crippen molar-refractivity contribution in [1.82, 2.24) is 4.98 Å². The summed E-state index contributed by atoms with van der Waals surface area (Å²) in [5, 5.41) is 9.01. The first-order valence-corrected chi connectivity index (χ1v) is 5.39. The Hall–Kier alpha value is -0.730. The van der Waals surface area contributed by atoms with Crippen molar-refractivity contribution in [3.8, 4) is 6.07 Å². The zero-order chi connectivity index (χ0) is 12.5. The van der Waals surface area contributed by atoms with E-state index in [-0.39, 0.29) is 31.2 Å². The Bertz CT molecular complexity index is 459. The highest BCUT2D eigenvalue weighted by Gasteiger charge is 2.13. The number of halogens is 3. The molecule has 0 bridgehead atoms. The van der Waals surface area contributed by atoms with Gasteiger partial charge in [0.2, 0.25) is 0 Å². The fourth-order valence-electron chi connectivity index (χ4n) is 0.942. The molecule has 0 aliphatic rings. The minimum atomic E-state index is 0.00380. The Morgan fingerprint density at radius 1 is 1.19 bits per heavy atom. The summed E-state index contributed by atoms with van der Waals surface area (Å²) in [5.74, 6) is 0.225. The zero-order valence-electron chi connectivity index (χ0n) is 8.92. The number of nitriles is 1. The average Bonchev–Trinajstić information content (AvgIpc) is 2.12. The maximum Gasteiger partial charge on any atom is 0.102 e. The number of hydrogen-bond donors (Lipinski definition) is 0. The molecule has 0 spiro atoms. The number of pyridine rings is 1. The molecule has 0 atom stereocenters. The van der Waals surface area contributed by atoms with Crippen molar-refractivity contribution in [3.05, 3.63) is 26.2 Å². The molecule has 0 aliphatic carbocycles. The molecule has 0 aliphatic heterocycles. The van der Waals surface area contributed by atoms with Gasteiger partial charge in [-0.15, -0.1) is 0 Å². The van der Waals surface area contributed by atoms with E-state index in [4.69, 9.17) is 40.1 Å². The molecule has 0 N–H and O–H groups in total. The lowest BCUT2D eigenvalue weighted by atomic mass is 10.3. The van der Waals surface area contributed by atoms with Crippen LogP contribution in [0.15, 0.2) is 0 Å². The van der Waals surface area contributed by atoms with Gasteiger partial charge >= 0.3 is 0 Å². The fourth-order valence-corrected chi connectivity index (χ4v) is 1.60. The standard InChI is InChI=1S/C9H9Cl3N4/c1-16(2,3)15-9-7(11)6(10)5(4-13)8(12)14-9/h1-3H3. The van der Waals surface area contributed by atoms with E-state index in [1.165, 1.54) is 0 Å². The molecule has 1 aromatic heterocycles. The Kier molecular flexibility index (Phi) is 3.87. The number of quaternary nitrogens is 1. The van der Waals surface area contributed by atoms with Crippen LogP contribution in [0.2, 0.25) is 15.2 Å². The van der Waals surface area contributed by atoms with Gasteiger partial charge in [0.25, 0.3) is 0 Å². The Morgan fingerprint density at radius 3 is 2.19 bits per heavy atom. The zero-order valence-corrected chi connectivity index (χ0v) is 11.2. The number of rotatable bonds is 2. The molecule has 1 aromatic rings. The van der Waals surface area contributed by atoms with E-state index in [0.29, 0.717) is 0 Å². The number of nitrogens with zero attached hydrogens (tertiary/aromatic N) is 4. The van der Waals surface area contributed by atoms with Crippen molar-refractivity contribution in [2.24, 2.45) is 0 Å². The normalized spacial score (nSPS) is 11.1. The molecule has 0 radical (unpaired) electrons. The molecular formula is C9H9Cl3N4. The van der Waals surface area contributed by atoms with Gasteiger partial charge in [-0.3, -0.25) is 10.0 Å². The third kappa shape index (κ3) is 2.89. The molecule has 1 rings (SSSR count). The van der Waals surface area contributed by atoms with E-state index in [9.17, 15) is 0 Å². The fraction of sp³-hybridized carbons (Fsp3) is 0.333. The van der Waals surface area contributed by atoms with Gasteiger partial charge in [-0.1, -0.05) is 34.8 Å². The molecule has 7 heteroatoms. The van der Waals surface area contributed by atoms with Gasteiger partial charge in [0.1, 0.15) is 6.07 Å². The van der Waals surface area contributed by atoms with Crippen molar-refractivity contribution in [1.29, 1.82) is 5.26 Å². The van der Waals surface area contributed by atoms with Gasteiger partial charge in [0.05, 0.1) is 36.8 Å². The highest BCUT2D eigenvalue weighted by Crippen LogP contribution is 2.39. The van der Waals surface area contributed by atoms with E-state index < -0.39 is 0 Å². The van der Waals surface area contributed by atoms with Crippen LogP contribution in [0.25, 0.3) is 5.43 Å². The Morgan fingerprint density at radius 2 is 1.75 bits per heavy atom. The van der Waals surface area contributed by atoms with Crippen molar-refractivity contribution in [2.45, 2.75) is 0 Å². The number of aromatic nitrogens is 1. The molecule has 0 unspecified atom stereocenters. The second kappa shape index (κ2) is 4.64. The third-order valence-corrected chi connectivity index (χ3v) is 2.63. The Balaban J connectivity index is 3.30. The van der Waals surface area contributed by atoms with Crippen LogP contribution in [0.5, 0.6) is 0 Å². The topological polar surface area (TPSA) is 50.8 Å². The molecular weight excluding hydrogens is 270 g/mol. The van der Waals surface area contributed by atoms with E-state index in [1.54, 1.807) is 0 Å². The van der Waals surface area contributed by atoms with Gasteiger partial charge < -0.3 is 4.98 Å². The molecule has 0 fully saturated rings. The van der Waals surface area contributed by atoms with E-state index in [2.05, 4.69) is 10.4 Å². The molecule has 1 heterocycles. The minimum Gasteiger partial charge on any atom is -0.420 e. The summed E-state index contributed by atoms with van der Waals surface area (Å²) < 4.78 is 0.269. The molecule has 0 amide bonds. The van der Waals surface area contributed by atoms with Crippen LogP contribution in [0.3, 0.4) is 0 Å². The minimum absolute atomic E-state index is 0.00380. The predicted molar refractivity (Wildman–Crippen MR) is 65.0 cm³/mol. The van der Waals surface area contributed by atoms with Crippen LogP contribution >= 0.6 is 34.8 Å². The van der Waals surface area contributed by atoms with Gasteiger partial charge in [0, 0.05) is 11.0 Å². The Labute approximate surface area is 109 Å². The summed E-state index contributed by atoms with van der Waals surface area (Å²) in [6, 6.07) is 1.84. The maximum absolute atomic E-state index is 8.80. The lowest BCUT2D eigenvalue weighted by Gasteiger charge is -2.31. The number of hydrogen-bond acceptors (Lipinski definition) is 2. The first kappa shape index (κ1) is 13.3. The largest absolute Gasteiger partial charge is 0.420 e. The van der Waals surface area contributed by atoms with Crippen LogP contribution in [-0.4, -0.2) is 30.7 Å². The molecule has 16 heavy (non-hydrogen) atoms. The maximum atomic E-state index is 8.80. The van der Waals surface area contributed by atoms with Crippen molar-refractivity contribution >= 4 is 40.6 Å². The summed E-state index contributed by atoms with van der Waals surface area (Å²) in [7, 11) is 5.49. The van der Waals surface area contributed by atoms with E-state index in [1.807, 2.05) is 27.2 Å². The summed E-state index contributed by atoms with van der Waals surface area (Å²) in [6.07, 6.45) is 0. The van der Waals surface area contributed by atoms with E-state index >= 15 is 0 Å². The highest BCUT2D eigenvalue weighted by molar-refractivity contribution is 6.45. The molecule has 0 saturated heterocycles. The van der Waals surface area contributed by atoms with Crippen LogP contribution in [0, 0.1) is 11.3 Å². The van der Waals surface area contributed by atoms with Crippen LogP contribution in [0.1, 0.15) is 5.56 Å². The SMILES string of the molecule is C[N+](C)(C)[N-]c1nc(Cl)c(C#N)c(Cl)c1Cl. The van der Waals surface area contributed by atoms with Gasteiger partial charge in [-0.2, -0.15) is 5.26 Å². The van der Waals surface area contributed by atoms with Gasteiger partial charge in [-0.05, 0) is 0 Å². The quantitative estimate of drug-likeness (QED) is 0.472. The predicted octanol–water partition coefficient (Wildman–Crippen LogP) is 3.54. The molecule has 86 valence electrons.